The fourth-order valence-corrected chi connectivity index (χ4v) is 3.40. The van der Waals surface area contributed by atoms with Crippen LogP contribution < -0.4 is 9.44 Å². The van der Waals surface area contributed by atoms with Gasteiger partial charge in [0.25, 0.3) is 10.2 Å². The zero-order chi connectivity index (χ0) is 17.1. The lowest BCUT2D eigenvalue weighted by atomic mass is 10.2. The van der Waals surface area contributed by atoms with Crippen LogP contribution >= 0.6 is 0 Å². The molecule has 1 amide bonds. The lowest BCUT2D eigenvalue weighted by molar-refractivity contribution is 0.0292. The predicted octanol–water partition coefficient (Wildman–Crippen LogP) is 1.94. The molecule has 1 heterocycles. The average Bonchev–Trinajstić information content (AvgIpc) is 2.85. The third kappa shape index (κ3) is 5.72. The highest BCUT2D eigenvalue weighted by molar-refractivity contribution is 7.90. The van der Waals surface area contributed by atoms with Crippen molar-refractivity contribution >= 4 is 22.0 Å². The van der Waals surface area contributed by atoms with E-state index in [-0.39, 0.29) is 6.04 Å². The maximum absolute atomic E-state index is 12.1. The summed E-state index contributed by atoms with van der Waals surface area (Å²) in [7, 11) is -3.68. The predicted molar refractivity (Wildman–Crippen MR) is 88.3 cm³/mol. The van der Waals surface area contributed by atoms with Crippen molar-refractivity contribution in [3.8, 4) is 0 Å². The van der Waals surface area contributed by atoms with E-state index in [1.54, 1.807) is 51.1 Å². The lowest BCUT2D eigenvalue weighted by Crippen LogP contribution is -2.42. The van der Waals surface area contributed by atoms with Crippen molar-refractivity contribution in [3.05, 3.63) is 30.3 Å². The van der Waals surface area contributed by atoms with Crippen LogP contribution in [0.15, 0.2) is 30.3 Å². The van der Waals surface area contributed by atoms with Crippen LogP contribution in [0.4, 0.5) is 10.5 Å². The summed E-state index contributed by atoms with van der Waals surface area (Å²) >= 11 is 0. The number of ether oxygens (including phenoxy) is 1. The summed E-state index contributed by atoms with van der Waals surface area (Å²) in [5.74, 6) is 0. The van der Waals surface area contributed by atoms with Gasteiger partial charge in [0, 0.05) is 24.8 Å². The molecule has 1 aromatic carbocycles. The normalized spacial score (nSPS) is 18.7. The molecule has 2 rings (SSSR count). The molecule has 1 fully saturated rings. The number of amides is 1. The molecule has 1 aliphatic rings. The number of carbonyl (C=O) groups excluding carboxylic acids is 1. The highest BCUT2D eigenvalue weighted by Gasteiger charge is 2.31. The summed E-state index contributed by atoms with van der Waals surface area (Å²) in [5.41, 5.74) is -0.0780. The van der Waals surface area contributed by atoms with E-state index in [0.29, 0.717) is 25.2 Å². The minimum absolute atomic E-state index is 0.296. The van der Waals surface area contributed by atoms with Crippen LogP contribution in [-0.4, -0.2) is 44.1 Å². The second-order valence-corrected chi connectivity index (χ2v) is 7.95. The van der Waals surface area contributed by atoms with Crippen LogP contribution in [0, 0.1) is 0 Å². The maximum Gasteiger partial charge on any atom is 0.410 e. The van der Waals surface area contributed by atoms with E-state index in [4.69, 9.17) is 4.74 Å². The van der Waals surface area contributed by atoms with Gasteiger partial charge in [-0.25, -0.2) is 4.79 Å². The SMILES string of the molecule is CC(C)(C)OC(=O)N1CCC(NS(=O)(=O)Nc2ccccc2)C1. The summed E-state index contributed by atoms with van der Waals surface area (Å²) in [6.07, 6.45) is 0.129. The van der Waals surface area contributed by atoms with Gasteiger partial charge in [0.05, 0.1) is 0 Å². The molecule has 1 aliphatic heterocycles. The smallest absolute Gasteiger partial charge is 0.410 e. The summed E-state index contributed by atoms with van der Waals surface area (Å²) in [6.45, 7) is 6.15. The highest BCUT2D eigenvalue weighted by Crippen LogP contribution is 2.16. The number of nitrogens with one attached hydrogen (secondary N) is 2. The van der Waals surface area contributed by atoms with Crippen molar-refractivity contribution in [2.24, 2.45) is 0 Å². The number of rotatable bonds is 4. The molecule has 1 atom stereocenters. The fraction of sp³-hybridized carbons (Fsp3) is 0.533. The lowest BCUT2D eigenvalue weighted by Gasteiger charge is -2.24. The molecule has 0 aromatic heterocycles. The van der Waals surface area contributed by atoms with Gasteiger partial charge in [-0.1, -0.05) is 18.2 Å². The van der Waals surface area contributed by atoms with E-state index in [0.717, 1.165) is 0 Å². The first kappa shape index (κ1) is 17.6. The first-order chi connectivity index (χ1) is 10.6. The number of carbonyl (C=O) groups is 1. The largest absolute Gasteiger partial charge is 0.444 e. The number of nitrogens with zero attached hydrogens (tertiary/aromatic N) is 1. The Hall–Kier alpha value is -1.80. The number of likely N-dealkylation sites (tertiary alicyclic amines) is 1. The van der Waals surface area contributed by atoms with Crippen molar-refractivity contribution < 1.29 is 17.9 Å². The Balaban J connectivity index is 1.88. The Kier molecular flexibility index (Phi) is 5.16. The molecule has 7 nitrogen and oxygen atoms in total. The van der Waals surface area contributed by atoms with Gasteiger partial charge in [0.1, 0.15) is 5.60 Å². The Morgan fingerprint density at radius 2 is 1.91 bits per heavy atom. The summed E-state index contributed by atoms with van der Waals surface area (Å²) in [5, 5.41) is 0. The van der Waals surface area contributed by atoms with Gasteiger partial charge in [-0.05, 0) is 39.3 Å². The van der Waals surface area contributed by atoms with Crippen molar-refractivity contribution in [2.45, 2.75) is 38.8 Å². The van der Waals surface area contributed by atoms with Gasteiger partial charge < -0.3 is 9.64 Å². The zero-order valence-electron chi connectivity index (χ0n) is 13.6. The molecule has 1 aromatic rings. The van der Waals surface area contributed by atoms with E-state index in [2.05, 4.69) is 9.44 Å². The van der Waals surface area contributed by atoms with Gasteiger partial charge in [-0.3, -0.25) is 4.72 Å². The van der Waals surface area contributed by atoms with E-state index in [9.17, 15) is 13.2 Å². The van der Waals surface area contributed by atoms with Crippen molar-refractivity contribution in [1.29, 1.82) is 0 Å². The van der Waals surface area contributed by atoms with Gasteiger partial charge >= 0.3 is 6.09 Å². The second kappa shape index (κ2) is 6.76. The van der Waals surface area contributed by atoms with E-state index < -0.39 is 21.9 Å². The zero-order valence-corrected chi connectivity index (χ0v) is 14.4. The van der Waals surface area contributed by atoms with Crippen LogP contribution in [0.5, 0.6) is 0 Å². The summed E-state index contributed by atoms with van der Waals surface area (Å²) in [6, 6.07) is 8.31. The molecular formula is C15H23N3O4S. The van der Waals surface area contributed by atoms with Gasteiger partial charge in [0.2, 0.25) is 0 Å². The van der Waals surface area contributed by atoms with Crippen molar-refractivity contribution in [1.82, 2.24) is 9.62 Å². The van der Waals surface area contributed by atoms with Crippen LogP contribution in [0.3, 0.4) is 0 Å². The maximum atomic E-state index is 12.1. The molecule has 0 aliphatic carbocycles. The van der Waals surface area contributed by atoms with Crippen LogP contribution in [0.25, 0.3) is 0 Å². The van der Waals surface area contributed by atoms with E-state index in [1.165, 1.54) is 4.90 Å². The molecule has 2 N–H and O–H groups in total. The molecule has 8 heteroatoms. The van der Waals surface area contributed by atoms with Gasteiger partial charge in [-0.2, -0.15) is 13.1 Å². The summed E-state index contributed by atoms with van der Waals surface area (Å²) in [4.78, 5) is 13.5. The van der Waals surface area contributed by atoms with Gasteiger partial charge in [0.15, 0.2) is 0 Å². The number of hydrogen-bond donors (Lipinski definition) is 2. The molecular weight excluding hydrogens is 318 g/mol. The van der Waals surface area contributed by atoms with E-state index in [1.807, 2.05) is 0 Å². The number of hydrogen-bond acceptors (Lipinski definition) is 4. The molecule has 0 saturated carbocycles. The topological polar surface area (TPSA) is 87.7 Å². The molecule has 1 unspecified atom stereocenters. The van der Waals surface area contributed by atoms with Crippen LogP contribution in [0.1, 0.15) is 27.2 Å². The Bertz CT molecular complexity index is 640. The minimum Gasteiger partial charge on any atom is -0.444 e. The highest BCUT2D eigenvalue weighted by atomic mass is 32.2. The Morgan fingerprint density at radius 1 is 1.26 bits per heavy atom. The molecule has 23 heavy (non-hydrogen) atoms. The minimum atomic E-state index is -3.68. The third-order valence-electron chi connectivity index (χ3n) is 3.19. The van der Waals surface area contributed by atoms with Crippen molar-refractivity contribution in [2.75, 3.05) is 17.8 Å². The number of anilines is 1. The van der Waals surface area contributed by atoms with E-state index >= 15 is 0 Å². The van der Waals surface area contributed by atoms with Crippen molar-refractivity contribution in [3.63, 3.8) is 0 Å². The second-order valence-electron chi connectivity index (χ2n) is 6.50. The average molecular weight is 341 g/mol. The molecule has 128 valence electrons. The Labute approximate surface area is 137 Å². The quantitative estimate of drug-likeness (QED) is 0.876. The van der Waals surface area contributed by atoms with Gasteiger partial charge in [-0.15, -0.1) is 0 Å². The molecule has 0 bridgehead atoms. The Morgan fingerprint density at radius 3 is 2.52 bits per heavy atom. The fourth-order valence-electron chi connectivity index (χ4n) is 2.26. The van der Waals surface area contributed by atoms with Crippen LogP contribution in [0.2, 0.25) is 0 Å². The standard InChI is InChI=1S/C15H23N3O4S/c1-15(2,3)22-14(19)18-10-9-13(11-18)17-23(20,21)16-12-7-5-4-6-8-12/h4-8,13,16-17H,9-11H2,1-3H3. The molecule has 0 spiro atoms. The molecule has 1 saturated heterocycles. The monoisotopic (exact) mass is 341 g/mol. The molecule has 0 radical (unpaired) electrons. The summed E-state index contributed by atoms with van der Waals surface area (Å²) < 4.78 is 34.5. The van der Waals surface area contributed by atoms with Crippen LogP contribution in [-0.2, 0) is 14.9 Å². The number of para-hydroxylation sites is 1. The third-order valence-corrected chi connectivity index (χ3v) is 4.34. The first-order valence-electron chi connectivity index (χ1n) is 7.48. The number of benzene rings is 1. The first-order valence-corrected chi connectivity index (χ1v) is 8.96.